The molecule has 3 aromatic rings. The number of benzene rings is 3. The standard InChI is InChI=1S/C28H28/c1-27(2,3)21-9-7-17-11-19-14-24-20(13-23(19)25(17)15-21)12-18-8-10-22(16-26(18)24)28(4,5)6/h7-16H,1-6H3. The first-order valence-electron chi connectivity index (χ1n) is 10.3. The highest BCUT2D eigenvalue weighted by Crippen LogP contribution is 2.35. The van der Waals surface area contributed by atoms with Gasteiger partial charge in [0, 0.05) is 0 Å². The van der Waals surface area contributed by atoms with E-state index in [-0.39, 0.29) is 10.8 Å². The van der Waals surface area contributed by atoms with Crippen LogP contribution in [0.5, 0.6) is 0 Å². The lowest BCUT2D eigenvalue weighted by Gasteiger charge is -2.20. The van der Waals surface area contributed by atoms with Crippen molar-refractivity contribution in [2.75, 3.05) is 0 Å². The van der Waals surface area contributed by atoms with Crippen molar-refractivity contribution in [1.29, 1.82) is 0 Å². The summed E-state index contributed by atoms with van der Waals surface area (Å²) >= 11 is 0. The lowest BCUT2D eigenvalue weighted by molar-refractivity contribution is 0.590. The highest BCUT2D eigenvalue weighted by atomic mass is 14.3. The van der Waals surface area contributed by atoms with Crippen molar-refractivity contribution >= 4 is 12.2 Å². The molecular formula is C28H28. The van der Waals surface area contributed by atoms with Gasteiger partial charge in [0.1, 0.15) is 0 Å². The van der Waals surface area contributed by atoms with Crippen LogP contribution in [0.1, 0.15) is 63.8 Å². The third kappa shape index (κ3) is 2.58. The van der Waals surface area contributed by atoms with Crippen LogP contribution in [0.2, 0.25) is 0 Å². The van der Waals surface area contributed by atoms with Crippen LogP contribution < -0.4 is 10.4 Å². The van der Waals surface area contributed by atoms with Crippen molar-refractivity contribution in [2.24, 2.45) is 0 Å². The molecule has 0 N–H and O–H groups in total. The van der Waals surface area contributed by atoms with Crippen molar-refractivity contribution in [3.05, 3.63) is 81.2 Å². The molecule has 0 atom stereocenters. The van der Waals surface area contributed by atoms with Crippen molar-refractivity contribution in [1.82, 2.24) is 0 Å². The molecule has 0 saturated heterocycles. The molecule has 0 fully saturated rings. The largest absolute Gasteiger partial charge is 0.0579 e. The maximum Gasteiger partial charge on any atom is -0.00987 e. The van der Waals surface area contributed by atoms with Gasteiger partial charge in [-0.05, 0) is 90.1 Å². The molecule has 2 aliphatic rings. The van der Waals surface area contributed by atoms with Crippen LogP contribution in [0.15, 0.2) is 48.5 Å². The number of hydrogen-bond acceptors (Lipinski definition) is 0. The molecule has 0 unspecified atom stereocenters. The van der Waals surface area contributed by atoms with Gasteiger partial charge >= 0.3 is 0 Å². The molecule has 0 radical (unpaired) electrons. The normalized spacial score (nSPS) is 13.9. The van der Waals surface area contributed by atoms with E-state index < -0.39 is 0 Å². The second-order valence-electron chi connectivity index (χ2n) is 10.4. The van der Waals surface area contributed by atoms with Gasteiger partial charge in [-0.15, -0.1) is 0 Å². The van der Waals surface area contributed by atoms with Crippen LogP contribution in [-0.4, -0.2) is 0 Å². The number of rotatable bonds is 0. The SMILES string of the molecule is CC(C)(C)c1ccc2c(c1)-c1cc3c(cc1=C2)-c1cc(C(C)(C)C)ccc1C=3. The van der Waals surface area contributed by atoms with Gasteiger partial charge in [0.15, 0.2) is 0 Å². The predicted molar refractivity (Wildman–Crippen MR) is 121 cm³/mol. The van der Waals surface area contributed by atoms with E-state index >= 15 is 0 Å². The third-order valence-corrected chi connectivity index (χ3v) is 6.26. The second kappa shape index (κ2) is 5.47. The van der Waals surface area contributed by atoms with Crippen LogP contribution in [-0.2, 0) is 10.8 Å². The van der Waals surface area contributed by atoms with Crippen LogP contribution >= 0.6 is 0 Å². The number of hydrogen-bond donors (Lipinski definition) is 0. The van der Waals surface area contributed by atoms with E-state index in [0.717, 1.165) is 0 Å². The quantitative estimate of drug-likeness (QED) is 0.321. The summed E-state index contributed by atoms with van der Waals surface area (Å²) in [6, 6.07) is 18.7. The van der Waals surface area contributed by atoms with E-state index in [1.54, 1.807) is 0 Å². The Bertz CT molecular complexity index is 1150. The molecule has 3 aromatic carbocycles. The molecule has 0 spiro atoms. The van der Waals surface area contributed by atoms with Crippen molar-refractivity contribution < 1.29 is 0 Å². The molecule has 0 bridgehead atoms. The molecule has 0 aliphatic heterocycles. The van der Waals surface area contributed by atoms with Gasteiger partial charge in [-0.25, -0.2) is 0 Å². The molecule has 0 saturated carbocycles. The summed E-state index contributed by atoms with van der Waals surface area (Å²) < 4.78 is 0. The number of fused-ring (bicyclic) bond motifs is 6. The van der Waals surface area contributed by atoms with E-state index in [2.05, 4.69) is 102 Å². The highest BCUT2D eigenvalue weighted by molar-refractivity contribution is 5.89. The van der Waals surface area contributed by atoms with Crippen molar-refractivity contribution in [2.45, 2.75) is 52.4 Å². The summed E-state index contributed by atoms with van der Waals surface area (Å²) in [7, 11) is 0. The lowest BCUT2D eigenvalue weighted by atomic mass is 9.84. The smallest absolute Gasteiger partial charge is 0.00987 e. The highest BCUT2D eigenvalue weighted by Gasteiger charge is 2.22. The van der Waals surface area contributed by atoms with Crippen LogP contribution in [0.25, 0.3) is 34.4 Å². The van der Waals surface area contributed by atoms with Gasteiger partial charge in [-0.2, -0.15) is 0 Å². The Labute approximate surface area is 168 Å². The third-order valence-electron chi connectivity index (χ3n) is 6.26. The zero-order valence-electron chi connectivity index (χ0n) is 17.8. The summed E-state index contributed by atoms with van der Waals surface area (Å²) in [4.78, 5) is 0. The topological polar surface area (TPSA) is 0 Å². The minimum atomic E-state index is 0.167. The zero-order valence-corrected chi connectivity index (χ0v) is 17.8. The Morgan fingerprint density at radius 3 is 1.21 bits per heavy atom. The molecule has 2 aliphatic carbocycles. The average molecular weight is 365 g/mol. The summed E-state index contributed by atoms with van der Waals surface area (Å²) in [5, 5.41) is 2.70. The fourth-order valence-corrected chi connectivity index (χ4v) is 4.44. The molecule has 0 amide bonds. The van der Waals surface area contributed by atoms with Gasteiger partial charge in [0.05, 0.1) is 0 Å². The van der Waals surface area contributed by atoms with Gasteiger partial charge in [0.2, 0.25) is 0 Å². The first-order chi connectivity index (χ1) is 13.1. The van der Waals surface area contributed by atoms with Crippen molar-refractivity contribution in [3.8, 4) is 22.3 Å². The second-order valence-corrected chi connectivity index (χ2v) is 10.4. The first-order valence-corrected chi connectivity index (χ1v) is 10.3. The van der Waals surface area contributed by atoms with Gasteiger partial charge < -0.3 is 0 Å². The Hall–Kier alpha value is -2.60. The molecular weight excluding hydrogens is 336 g/mol. The summed E-state index contributed by atoms with van der Waals surface area (Å²) in [5.74, 6) is 0. The minimum absolute atomic E-state index is 0.167. The van der Waals surface area contributed by atoms with Crippen LogP contribution in [0.3, 0.4) is 0 Å². The summed E-state index contributed by atoms with van der Waals surface area (Å²) in [6.07, 6.45) is 4.70. The minimum Gasteiger partial charge on any atom is -0.0579 e. The summed E-state index contributed by atoms with van der Waals surface area (Å²) in [5.41, 5.74) is 11.3. The summed E-state index contributed by atoms with van der Waals surface area (Å²) in [6.45, 7) is 13.7. The molecule has 0 nitrogen and oxygen atoms in total. The lowest BCUT2D eigenvalue weighted by Crippen LogP contribution is -2.13. The van der Waals surface area contributed by atoms with Gasteiger partial charge in [-0.1, -0.05) is 77.9 Å². The molecule has 0 heteroatoms. The molecule has 0 aromatic heterocycles. The maximum atomic E-state index is 2.40. The Morgan fingerprint density at radius 2 is 0.857 bits per heavy atom. The predicted octanol–water partition coefficient (Wildman–Crippen LogP) is 5.90. The molecule has 28 heavy (non-hydrogen) atoms. The zero-order chi connectivity index (χ0) is 19.8. The molecule has 140 valence electrons. The van der Waals surface area contributed by atoms with E-state index in [9.17, 15) is 0 Å². The van der Waals surface area contributed by atoms with E-state index in [1.165, 1.54) is 54.9 Å². The average Bonchev–Trinajstić information content (AvgIpc) is 3.14. The van der Waals surface area contributed by atoms with Gasteiger partial charge in [-0.3, -0.25) is 0 Å². The van der Waals surface area contributed by atoms with Crippen molar-refractivity contribution in [3.63, 3.8) is 0 Å². The fraction of sp³-hybridized carbons (Fsp3) is 0.286. The van der Waals surface area contributed by atoms with Gasteiger partial charge in [0.25, 0.3) is 0 Å². The first kappa shape index (κ1) is 17.5. The molecule has 0 heterocycles. The van der Waals surface area contributed by atoms with E-state index in [0.29, 0.717) is 0 Å². The Balaban J connectivity index is 1.69. The Kier molecular flexibility index (Phi) is 3.42. The van der Waals surface area contributed by atoms with Crippen LogP contribution in [0, 0.1) is 0 Å². The maximum absolute atomic E-state index is 2.40. The Morgan fingerprint density at radius 1 is 0.464 bits per heavy atom. The van der Waals surface area contributed by atoms with E-state index in [1.807, 2.05) is 0 Å². The molecule has 5 rings (SSSR count). The van der Waals surface area contributed by atoms with Crippen LogP contribution in [0.4, 0.5) is 0 Å². The fourth-order valence-electron chi connectivity index (χ4n) is 4.44. The monoisotopic (exact) mass is 364 g/mol. The van der Waals surface area contributed by atoms with E-state index in [4.69, 9.17) is 0 Å².